The molecule has 1 aromatic heterocycles. The van der Waals surface area contributed by atoms with Crippen LogP contribution in [0.5, 0.6) is 0 Å². The van der Waals surface area contributed by atoms with Gasteiger partial charge in [0.2, 0.25) is 5.95 Å². The van der Waals surface area contributed by atoms with Crippen molar-refractivity contribution in [2.75, 3.05) is 17.6 Å². The highest BCUT2D eigenvalue weighted by molar-refractivity contribution is 5.94. The molecule has 0 saturated carbocycles. The lowest BCUT2D eigenvalue weighted by molar-refractivity contribution is 0.857. The summed E-state index contributed by atoms with van der Waals surface area (Å²) < 4.78 is 0. The van der Waals surface area contributed by atoms with Gasteiger partial charge in [0, 0.05) is 5.71 Å². The predicted octanol–water partition coefficient (Wildman–Crippen LogP) is 1.87. The van der Waals surface area contributed by atoms with Crippen molar-refractivity contribution < 1.29 is 0 Å². The van der Waals surface area contributed by atoms with E-state index in [4.69, 9.17) is 5.73 Å². The molecule has 1 aliphatic heterocycles. The van der Waals surface area contributed by atoms with Gasteiger partial charge in [-0.15, -0.1) is 0 Å². The van der Waals surface area contributed by atoms with E-state index in [1.54, 1.807) is 0 Å². The first-order chi connectivity index (χ1) is 10.2. The maximum atomic E-state index is 11.8. The van der Waals surface area contributed by atoms with Crippen molar-refractivity contribution in [3.63, 3.8) is 0 Å². The average Bonchev–Trinajstić information content (AvgIpc) is 2.49. The van der Waals surface area contributed by atoms with Gasteiger partial charge in [-0.1, -0.05) is 30.3 Å². The monoisotopic (exact) mass is 283 g/mol. The molecule has 0 radical (unpaired) electrons. The first-order valence-electron chi connectivity index (χ1n) is 6.96. The summed E-state index contributed by atoms with van der Waals surface area (Å²) in [5.41, 5.74) is 7.81. The second-order valence-electron chi connectivity index (χ2n) is 5.02. The summed E-state index contributed by atoms with van der Waals surface area (Å²) in [6, 6.07) is 10.3. The molecule has 0 amide bonds. The molecule has 0 unspecified atom stereocenters. The molecule has 0 fully saturated rings. The zero-order valence-corrected chi connectivity index (χ0v) is 11.6. The van der Waals surface area contributed by atoms with E-state index in [9.17, 15) is 4.79 Å². The van der Waals surface area contributed by atoms with Crippen LogP contribution in [0.3, 0.4) is 0 Å². The van der Waals surface area contributed by atoms with Gasteiger partial charge in [0.15, 0.2) is 11.5 Å². The number of rotatable bonds is 4. The van der Waals surface area contributed by atoms with Crippen molar-refractivity contribution in [3.05, 3.63) is 46.2 Å². The Balaban J connectivity index is 1.67. The van der Waals surface area contributed by atoms with Crippen LogP contribution in [-0.4, -0.2) is 22.2 Å². The molecule has 0 atom stereocenters. The molecule has 6 heteroatoms. The number of nitrogen functional groups attached to an aromatic ring is 1. The van der Waals surface area contributed by atoms with Gasteiger partial charge in [0.05, 0.1) is 6.54 Å². The Bertz CT molecular complexity index is 721. The summed E-state index contributed by atoms with van der Waals surface area (Å²) in [6.07, 6.45) is 2.86. The number of aryl methyl sites for hydroxylation is 1. The van der Waals surface area contributed by atoms with E-state index in [1.807, 2.05) is 18.2 Å². The third kappa shape index (κ3) is 3.10. The molecule has 2 aromatic rings. The molecule has 21 heavy (non-hydrogen) atoms. The van der Waals surface area contributed by atoms with Crippen LogP contribution in [0, 0.1) is 0 Å². The Kier molecular flexibility index (Phi) is 3.68. The van der Waals surface area contributed by atoms with E-state index in [1.165, 1.54) is 5.56 Å². The van der Waals surface area contributed by atoms with Crippen LogP contribution in [0.15, 0.2) is 40.1 Å². The Morgan fingerprint density at radius 2 is 2.00 bits per heavy atom. The Morgan fingerprint density at radius 1 is 1.19 bits per heavy atom. The standard InChI is InChI=1S/C15H17N5O/c16-15-19-13-12(14(21)20-15)18-11(9-17-13)8-4-7-10-5-2-1-3-6-10/h1-3,5-6H,4,7-9H2,(H4,16,17,19,20,21). The van der Waals surface area contributed by atoms with Crippen LogP contribution in [-0.2, 0) is 6.42 Å². The second kappa shape index (κ2) is 5.78. The van der Waals surface area contributed by atoms with E-state index in [0.29, 0.717) is 18.1 Å². The van der Waals surface area contributed by atoms with Crippen molar-refractivity contribution in [2.24, 2.45) is 4.99 Å². The van der Waals surface area contributed by atoms with E-state index in [-0.39, 0.29) is 11.5 Å². The smallest absolute Gasteiger partial charge is 0.280 e. The molecule has 0 saturated heterocycles. The Hall–Kier alpha value is -2.63. The van der Waals surface area contributed by atoms with Gasteiger partial charge in [-0.05, 0) is 24.8 Å². The topological polar surface area (TPSA) is 96.2 Å². The lowest BCUT2D eigenvalue weighted by Crippen LogP contribution is -2.23. The second-order valence-corrected chi connectivity index (χ2v) is 5.02. The molecule has 108 valence electrons. The maximum Gasteiger partial charge on any atom is 0.280 e. The molecule has 6 nitrogen and oxygen atoms in total. The van der Waals surface area contributed by atoms with Gasteiger partial charge in [0.25, 0.3) is 5.56 Å². The van der Waals surface area contributed by atoms with Crippen LogP contribution in [0.4, 0.5) is 17.5 Å². The van der Waals surface area contributed by atoms with Gasteiger partial charge in [-0.3, -0.25) is 9.78 Å². The number of hydrogen-bond acceptors (Lipinski definition) is 5. The van der Waals surface area contributed by atoms with Gasteiger partial charge >= 0.3 is 0 Å². The lowest BCUT2D eigenvalue weighted by Gasteiger charge is -2.16. The van der Waals surface area contributed by atoms with E-state index in [2.05, 4.69) is 32.4 Å². The summed E-state index contributed by atoms with van der Waals surface area (Å²) in [4.78, 5) is 22.7. The quantitative estimate of drug-likeness (QED) is 0.798. The molecule has 1 aromatic carbocycles. The average molecular weight is 283 g/mol. The molecular formula is C15H17N5O. The van der Waals surface area contributed by atoms with Gasteiger partial charge in [-0.25, -0.2) is 4.99 Å². The number of hydrogen-bond donors (Lipinski definition) is 3. The summed E-state index contributed by atoms with van der Waals surface area (Å²) in [5, 5.41) is 3.10. The van der Waals surface area contributed by atoms with Crippen LogP contribution < -0.4 is 16.6 Å². The van der Waals surface area contributed by atoms with E-state index < -0.39 is 0 Å². The third-order valence-corrected chi connectivity index (χ3v) is 3.42. The number of H-pyrrole nitrogens is 1. The lowest BCUT2D eigenvalue weighted by atomic mass is 10.1. The largest absolute Gasteiger partial charge is 0.369 e. The highest BCUT2D eigenvalue weighted by Crippen LogP contribution is 2.22. The van der Waals surface area contributed by atoms with Gasteiger partial charge < -0.3 is 11.1 Å². The number of nitrogens with one attached hydrogen (secondary N) is 2. The van der Waals surface area contributed by atoms with Crippen LogP contribution in [0.2, 0.25) is 0 Å². The Morgan fingerprint density at radius 3 is 2.81 bits per heavy atom. The molecule has 0 spiro atoms. The van der Waals surface area contributed by atoms with Gasteiger partial charge in [-0.2, -0.15) is 4.98 Å². The Labute approximate surface area is 122 Å². The third-order valence-electron chi connectivity index (χ3n) is 3.42. The normalized spacial score (nSPS) is 13.2. The molecular weight excluding hydrogens is 266 g/mol. The number of aromatic amines is 1. The zero-order chi connectivity index (χ0) is 14.7. The van der Waals surface area contributed by atoms with Gasteiger partial charge in [0.1, 0.15) is 0 Å². The van der Waals surface area contributed by atoms with Crippen molar-refractivity contribution in [1.29, 1.82) is 0 Å². The molecule has 0 bridgehead atoms. The van der Waals surface area contributed by atoms with Crippen molar-refractivity contribution >= 4 is 23.2 Å². The minimum absolute atomic E-state index is 0.106. The van der Waals surface area contributed by atoms with Crippen molar-refractivity contribution in [2.45, 2.75) is 19.3 Å². The fourth-order valence-electron chi connectivity index (χ4n) is 2.38. The highest BCUT2D eigenvalue weighted by Gasteiger charge is 2.16. The minimum Gasteiger partial charge on any atom is -0.369 e. The number of aliphatic imine (C=N–C) groups is 1. The minimum atomic E-state index is -0.301. The molecule has 3 rings (SSSR count). The summed E-state index contributed by atoms with van der Waals surface area (Å²) in [6.45, 7) is 0.609. The number of anilines is 2. The fraction of sp³-hybridized carbons (Fsp3) is 0.267. The summed E-state index contributed by atoms with van der Waals surface area (Å²) in [5.74, 6) is 0.567. The number of fused-ring (bicyclic) bond motifs is 1. The van der Waals surface area contributed by atoms with Crippen molar-refractivity contribution in [3.8, 4) is 0 Å². The SMILES string of the molecule is Nc1nc2c(c(=O)[nH]1)N=C(CCCc1ccccc1)CN2. The number of benzene rings is 1. The first-order valence-corrected chi connectivity index (χ1v) is 6.96. The molecule has 0 aliphatic carbocycles. The van der Waals surface area contributed by atoms with E-state index in [0.717, 1.165) is 25.0 Å². The maximum absolute atomic E-state index is 11.8. The summed E-state index contributed by atoms with van der Waals surface area (Å²) >= 11 is 0. The van der Waals surface area contributed by atoms with Crippen LogP contribution in [0.1, 0.15) is 18.4 Å². The number of nitrogens with zero attached hydrogens (tertiary/aromatic N) is 2. The molecule has 2 heterocycles. The number of nitrogens with two attached hydrogens (primary N) is 1. The van der Waals surface area contributed by atoms with E-state index >= 15 is 0 Å². The fourth-order valence-corrected chi connectivity index (χ4v) is 2.38. The predicted molar refractivity (Wildman–Crippen MR) is 84.2 cm³/mol. The molecule has 1 aliphatic rings. The first kappa shape index (κ1) is 13.4. The molecule has 4 N–H and O–H groups in total. The van der Waals surface area contributed by atoms with Crippen LogP contribution in [0.25, 0.3) is 0 Å². The van der Waals surface area contributed by atoms with Crippen LogP contribution >= 0.6 is 0 Å². The summed E-state index contributed by atoms with van der Waals surface area (Å²) in [7, 11) is 0. The highest BCUT2D eigenvalue weighted by atomic mass is 16.1. The zero-order valence-electron chi connectivity index (χ0n) is 11.6. The van der Waals surface area contributed by atoms with Crippen molar-refractivity contribution in [1.82, 2.24) is 9.97 Å². The number of aromatic nitrogens is 2.